The number of nitrogens with one attached hydrogen (secondary N) is 1. The molecule has 1 aromatic carbocycles. The second kappa shape index (κ2) is 6.69. The number of halogens is 3. The number of fused-ring (bicyclic) bond motifs is 1. The zero-order chi connectivity index (χ0) is 19.9. The summed E-state index contributed by atoms with van der Waals surface area (Å²) in [5.41, 5.74) is 4.04. The Balaban J connectivity index is 1.78. The minimum Gasteiger partial charge on any atom is -0.477 e. The number of carbonyl (C=O) groups excluding carboxylic acids is 2. The van der Waals surface area contributed by atoms with E-state index in [1.165, 1.54) is 0 Å². The molecule has 10 heteroatoms. The van der Waals surface area contributed by atoms with Crippen molar-refractivity contribution in [2.75, 3.05) is 0 Å². The fraction of sp³-hybridized carbons (Fsp3) is 0.353. The zero-order valence-electron chi connectivity index (χ0n) is 13.9. The Morgan fingerprint density at radius 3 is 2.44 bits per heavy atom. The number of carboxylic acid groups (broad SMARTS) is 1. The highest BCUT2D eigenvalue weighted by Crippen LogP contribution is 2.42. The SMILES string of the molecule is N[C@@H](C(=O)N[C@@H]1C(=O)N2C(C(=O)O)=C(C(F)(F)F)CC[C@H]12)c1ccccc1. The van der Waals surface area contributed by atoms with Gasteiger partial charge in [0.15, 0.2) is 0 Å². The molecule has 2 heterocycles. The number of allylic oxidation sites excluding steroid dienone is 1. The molecule has 1 saturated heterocycles. The molecular formula is C17H16F3N3O4. The van der Waals surface area contributed by atoms with Gasteiger partial charge in [-0.15, -0.1) is 0 Å². The quantitative estimate of drug-likeness (QED) is 0.674. The van der Waals surface area contributed by atoms with Crippen molar-refractivity contribution in [1.82, 2.24) is 10.2 Å². The van der Waals surface area contributed by atoms with Crippen LogP contribution in [0.25, 0.3) is 0 Å². The molecule has 0 aromatic heterocycles. The molecule has 4 N–H and O–H groups in total. The van der Waals surface area contributed by atoms with Gasteiger partial charge in [0.25, 0.3) is 5.91 Å². The third-order valence-corrected chi connectivity index (χ3v) is 4.72. The second-order valence-corrected chi connectivity index (χ2v) is 6.32. The predicted molar refractivity (Wildman–Crippen MR) is 85.9 cm³/mol. The van der Waals surface area contributed by atoms with Gasteiger partial charge in [-0.2, -0.15) is 13.2 Å². The van der Waals surface area contributed by atoms with E-state index in [0.29, 0.717) is 10.5 Å². The van der Waals surface area contributed by atoms with Crippen LogP contribution in [0.4, 0.5) is 13.2 Å². The van der Waals surface area contributed by atoms with Crippen molar-refractivity contribution in [3.05, 3.63) is 47.2 Å². The molecule has 2 aliphatic rings. The van der Waals surface area contributed by atoms with Crippen LogP contribution in [0.5, 0.6) is 0 Å². The number of nitrogens with zero attached hydrogens (tertiary/aromatic N) is 1. The highest BCUT2D eigenvalue weighted by molar-refractivity contribution is 6.02. The molecule has 7 nitrogen and oxygen atoms in total. The number of aliphatic carboxylic acids is 1. The van der Waals surface area contributed by atoms with E-state index in [-0.39, 0.29) is 6.42 Å². The Morgan fingerprint density at radius 2 is 1.89 bits per heavy atom. The maximum absolute atomic E-state index is 13.1. The molecule has 0 unspecified atom stereocenters. The van der Waals surface area contributed by atoms with Crippen molar-refractivity contribution >= 4 is 17.8 Å². The maximum atomic E-state index is 13.1. The Kier molecular flexibility index (Phi) is 4.68. The number of hydrogen-bond acceptors (Lipinski definition) is 4. The van der Waals surface area contributed by atoms with Gasteiger partial charge >= 0.3 is 12.1 Å². The van der Waals surface area contributed by atoms with Gasteiger partial charge in [0.05, 0.1) is 11.6 Å². The third-order valence-electron chi connectivity index (χ3n) is 4.72. The fourth-order valence-corrected chi connectivity index (χ4v) is 3.39. The van der Waals surface area contributed by atoms with E-state index in [4.69, 9.17) is 10.8 Å². The smallest absolute Gasteiger partial charge is 0.414 e. The second-order valence-electron chi connectivity index (χ2n) is 6.32. The number of β-lactam (4-membered cyclic amide) rings is 1. The maximum Gasteiger partial charge on any atom is 0.414 e. The standard InChI is InChI=1S/C17H16F3N3O4/c18-17(19,20)9-6-7-10-12(15(25)23(10)13(9)16(26)27)22-14(24)11(21)8-4-2-1-3-5-8/h1-5,10-12H,6-7,21H2,(H,22,24)(H,26,27)/t10-,11-,12+/m1/s1. The Bertz CT molecular complexity index is 822. The lowest BCUT2D eigenvalue weighted by molar-refractivity contribution is -0.159. The van der Waals surface area contributed by atoms with Crippen LogP contribution < -0.4 is 11.1 Å². The number of benzene rings is 1. The molecule has 1 fully saturated rings. The molecule has 27 heavy (non-hydrogen) atoms. The fourth-order valence-electron chi connectivity index (χ4n) is 3.39. The first-order valence-electron chi connectivity index (χ1n) is 8.10. The lowest BCUT2D eigenvalue weighted by Gasteiger charge is -2.50. The van der Waals surface area contributed by atoms with Gasteiger partial charge in [-0.3, -0.25) is 14.5 Å². The summed E-state index contributed by atoms with van der Waals surface area (Å²) < 4.78 is 39.2. The van der Waals surface area contributed by atoms with Crippen LogP contribution >= 0.6 is 0 Å². The molecular weight excluding hydrogens is 367 g/mol. The molecule has 0 saturated carbocycles. The zero-order valence-corrected chi connectivity index (χ0v) is 13.9. The van der Waals surface area contributed by atoms with Crippen molar-refractivity contribution in [2.24, 2.45) is 5.73 Å². The topological polar surface area (TPSA) is 113 Å². The average molecular weight is 383 g/mol. The van der Waals surface area contributed by atoms with Crippen LogP contribution in [0.2, 0.25) is 0 Å². The Hall–Kier alpha value is -2.88. The summed E-state index contributed by atoms with van der Waals surface area (Å²) in [5, 5.41) is 11.6. The van der Waals surface area contributed by atoms with Crippen LogP contribution in [0.3, 0.4) is 0 Å². The summed E-state index contributed by atoms with van der Waals surface area (Å²) in [5.74, 6) is -3.39. The lowest BCUT2D eigenvalue weighted by Crippen LogP contribution is -2.72. The van der Waals surface area contributed by atoms with E-state index < -0.39 is 59.8 Å². The van der Waals surface area contributed by atoms with Crippen LogP contribution in [0, 0.1) is 0 Å². The highest BCUT2D eigenvalue weighted by Gasteiger charge is 2.56. The number of amides is 2. The van der Waals surface area contributed by atoms with Crippen LogP contribution in [-0.4, -0.2) is 46.1 Å². The number of alkyl halides is 3. The minimum atomic E-state index is -4.84. The number of nitrogens with two attached hydrogens (primary N) is 1. The molecule has 0 spiro atoms. The summed E-state index contributed by atoms with van der Waals surface area (Å²) in [6, 6.07) is 5.35. The average Bonchev–Trinajstić information content (AvgIpc) is 2.63. The van der Waals surface area contributed by atoms with Gasteiger partial charge in [-0.25, -0.2) is 4.79 Å². The first-order chi connectivity index (χ1) is 12.6. The number of rotatable bonds is 4. The number of hydrogen-bond donors (Lipinski definition) is 3. The molecule has 144 valence electrons. The first kappa shape index (κ1) is 18.9. The van der Waals surface area contributed by atoms with Crippen molar-refractivity contribution in [1.29, 1.82) is 0 Å². The van der Waals surface area contributed by atoms with E-state index in [2.05, 4.69) is 5.32 Å². The minimum absolute atomic E-state index is 0.108. The van der Waals surface area contributed by atoms with E-state index in [1.807, 2.05) is 0 Å². The highest BCUT2D eigenvalue weighted by atomic mass is 19.4. The van der Waals surface area contributed by atoms with Gasteiger partial charge in [0.1, 0.15) is 17.8 Å². The number of carboxylic acids is 1. The molecule has 2 aliphatic heterocycles. The van der Waals surface area contributed by atoms with Crippen LogP contribution in [-0.2, 0) is 14.4 Å². The Labute approximate surface area is 151 Å². The molecule has 0 radical (unpaired) electrons. The molecule has 3 rings (SSSR count). The number of carbonyl (C=O) groups is 3. The molecule has 2 amide bonds. The van der Waals surface area contributed by atoms with Gasteiger partial charge in [-0.05, 0) is 18.4 Å². The van der Waals surface area contributed by atoms with Gasteiger partial charge in [0, 0.05) is 0 Å². The van der Waals surface area contributed by atoms with Crippen molar-refractivity contribution in [2.45, 2.75) is 37.1 Å². The van der Waals surface area contributed by atoms with E-state index in [9.17, 15) is 27.6 Å². The van der Waals surface area contributed by atoms with E-state index in [1.54, 1.807) is 30.3 Å². The molecule has 0 bridgehead atoms. The third kappa shape index (κ3) is 3.27. The Morgan fingerprint density at radius 1 is 1.26 bits per heavy atom. The van der Waals surface area contributed by atoms with E-state index in [0.717, 1.165) is 0 Å². The van der Waals surface area contributed by atoms with Crippen molar-refractivity contribution in [3.8, 4) is 0 Å². The van der Waals surface area contributed by atoms with Crippen molar-refractivity contribution < 1.29 is 32.7 Å². The van der Waals surface area contributed by atoms with Crippen LogP contribution in [0.15, 0.2) is 41.6 Å². The lowest BCUT2D eigenvalue weighted by atomic mass is 9.83. The summed E-state index contributed by atoms with van der Waals surface area (Å²) in [6.07, 6.45) is -5.50. The van der Waals surface area contributed by atoms with Gasteiger partial charge < -0.3 is 16.2 Å². The molecule has 0 aliphatic carbocycles. The monoisotopic (exact) mass is 383 g/mol. The molecule has 3 atom stereocenters. The summed E-state index contributed by atoms with van der Waals surface area (Å²) >= 11 is 0. The van der Waals surface area contributed by atoms with Gasteiger partial charge in [-0.1, -0.05) is 30.3 Å². The van der Waals surface area contributed by atoms with Crippen LogP contribution in [0.1, 0.15) is 24.4 Å². The normalized spacial score (nSPS) is 23.4. The molecule has 1 aromatic rings. The van der Waals surface area contributed by atoms with Gasteiger partial charge in [0.2, 0.25) is 5.91 Å². The first-order valence-corrected chi connectivity index (χ1v) is 8.10. The summed E-state index contributed by atoms with van der Waals surface area (Å²) in [6.45, 7) is 0. The summed E-state index contributed by atoms with van der Waals surface area (Å²) in [4.78, 5) is 36.5. The van der Waals surface area contributed by atoms with E-state index >= 15 is 0 Å². The predicted octanol–water partition coefficient (Wildman–Crippen LogP) is 1.08. The largest absolute Gasteiger partial charge is 0.477 e. The van der Waals surface area contributed by atoms with Crippen molar-refractivity contribution in [3.63, 3.8) is 0 Å². The summed E-state index contributed by atoms with van der Waals surface area (Å²) in [7, 11) is 0.